The van der Waals surface area contributed by atoms with Crippen LogP contribution in [0.25, 0.3) is 0 Å². The lowest BCUT2D eigenvalue weighted by atomic mass is 10.1. The highest BCUT2D eigenvalue weighted by Crippen LogP contribution is 2.35. The number of carbonyl (C=O) groups excluding carboxylic acids is 1. The lowest BCUT2D eigenvalue weighted by Crippen LogP contribution is -2.17. The molecule has 2 nitrogen and oxygen atoms in total. The molecule has 0 amide bonds. The summed E-state index contributed by atoms with van der Waals surface area (Å²) in [5.74, 6) is -0.148. The van der Waals surface area contributed by atoms with Crippen molar-refractivity contribution in [3.8, 4) is 0 Å². The minimum atomic E-state index is -1.05. The summed E-state index contributed by atoms with van der Waals surface area (Å²) in [5.41, 5.74) is 0.602. The third-order valence-corrected chi connectivity index (χ3v) is 2.16. The Morgan fingerprint density at radius 1 is 1.42 bits per heavy atom. The second-order valence-electron chi connectivity index (χ2n) is 2.71. The van der Waals surface area contributed by atoms with Gasteiger partial charge in [0.25, 0.3) is 0 Å². The quantitative estimate of drug-likeness (QED) is 0.397. The zero-order valence-corrected chi connectivity index (χ0v) is 7.04. The molecule has 1 aromatic rings. The number of ketones is 1. The van der Waals surface area contributed by atoms with Crippen LogP contribution in [0.5, 0.6) is 0 Å². The maximum Gasteiger partial charge on any atom is 0.228 e. The van der Waals surface area contributed by atoms with Gasteiger partial charge in [-0.05, 0) is 0 Å². The number of hydrogen-bond donors (Lipinski definition) is 0. The maximum atomic E-state index is 11.5. The van der Waals surface area contributed by atoms with Crippen LogP contribution >= 0.6 is 11.6 Å². The van der Waals surface area contributed by atoms with E-state index in [2.05, 4.69) is 0 Å². The van der Waals surface area contributed by atoms with E-state index in [1.807, 2.05) is 6.07 Å². The van der Waals surface area contributed by atoms with Gasteiger partial charge in [0.2, 0.25) is 10.8 Å². The van der Waals surface area contributed by atoms with Gasteiger partial charge in [-0.1, -0.05) is 41.9 Å². The van der Waals surface area contributed by atoms with Crippen LogP contribution in [-0.4, -0.2) is 17.5 Å². The SMILES string of the molecule is O=C(c1ccccc1)C1(Cl)CO1. The number of halogens is 1. The number of hydrogen-bond acceptors (Lipinski definition) is 2. The van der Waals surface area contributed by atoms with E-state index in [9.17, 15) is 4.79 Å². The second kappa shape index (κ2) is 2.57. The molecule has 0 saturated carbocycles. The molecule has 0 aliphatic carbocycles. The smallest absolute Gasteiger partial charge is 0.228 e. The highest BCUT2D eigenvalue weighted by atomic mass is 35.5. The molecule has 1 saturated heterocycles. The number of benzene rings is 1. The summed E-state index contributed by atoms with van der Waals surface area (Å²) in [4.78, 5) is 11.5. The molecule has 1 unspecified atom stereocenters. The van der Waals surface area contributed by atoms with Crippen molar-refractivity contribution in [2.45, 2.75) is 5.06 Å². The van der Waals surface area contributed by atoms with Crippen LogP contribution in [0.4, 0.5) is 0 Å². The average Bonchev–Trinajstić information content (AvgIpc) is 2.85. The first-order valence-electron chi connectivity index (χ1n) is 3.65. The third kappa shape index (κ3) is 1.24. The number of rotatable bonds is 2. The average molecular weight is 183 g/mol. The first-order chi connectivity index (χ1) is 5.72. The van der Waals surface area contributed by atoms with E-state index in [4.69, 9.17) is 16.3 Å². The van der Waals surface area contributed by atoms with Gasteiger partial charge in [-0.15, -0.1) is 0 Å². The van der Waals surface area contributed by atoms with E-state index in [1.165, 1.54) is 0 Å². The van der Waals surface area contributed by atoms with Gasteiger partial charge >= 0.3 is 0 Å². The molecule has 2 rings (SSSR count). The molecule has 3 heteroatoms. The Hall–Kier alpha value is -0.860. The second-order valence-corrected chi connectivity index (χ2v) is 3.32. The highest BCUT2D eigenvalue weighted by molar-refractivity contribution is 6.38. The van der Waals surface area contributed by atoms with Crippen LogP contribution < -0.4 is 0 Å². The Balaban J connectivity index is 2.26. The van der Waals surface area contributed by atoms with Crippen molar-refractivity contribution in [2.75, 3.05) is 6.61 Å². The fourth-order valence-electron chi connectivity index (χ4n) is 1.000. The van der Waals surface area contributed by atoms with Crippen molar-refractivity contribution in [1.29, 1.82) is 0 Å². The summed E-state index contributed by atoms with van der Waals surface area (Å²) in [7, 11) is 0. The van der Waals surface area contributed by atoms with E-state index >= 15 is 0 Å². The predicted octanol–water partition coefficient (Wildman–Crippen LogP) is 1.83. The summed E-state index contributed by atoms with van der Waals surface area (Å²) in [6.07, 6.45) is 0. The molecule has 1 fully saturated rings. The molecule has 0 radical (unpaired) electrons. The molecule has 1 aliphatic rings. The van der Waals surface area contributed by atoms with E-state index in [0.717, 1.165) is 0 Å². The van der Waals surface area contributed by atoms with Crippen molar-refractivity contribution in [2.24, 2.45) is 0 Å². The van der Waals surface area contributed by atoms with Gasteiger partial charge in [0.05, 0.1) is 0 Å². The molecule has 12 heavy (non-hydrogen) atoms. The van der Waals surface area contributed by atoms with Crippen LogP contribution in [-0.2, 0) is 4.74 Å². The van der Waals surface area contributed by atoms with Gasteiger partial charge in [-0.25, -0.2) is 0 Å². The van der Waals surface area contributed by atoms with Crippen LogP contribution in [0.15, 0.2) is 30.3 Å². The van der Waals surface area contributed by atoms with Crippen molar-refractivity contribution in [1.82, 2.24) is 0 Å². The van der Waals surface area contributed by atoms with Crippen LogP contribution in [0.1, 0.15) is 10.4 Å². The number of Topliss-reactive ketones (excluding diaryl/α,β-unsaturated/α-hetero) is 1. The Labute approximate surface area is 75.1 Å². The molecule has 0 spiro atoms. The third-order valence-electron chi connectivity index (χ3n) is 1.77. The Morgan fingerprint density at radius 3 is 2.50 bits per heavy atom. The van der Waals surface area contributed by atoms with E-state index in [1.54, 1.807) is 24.3 Å². The Kier molecular flexibility index (Phi) is 1.67. The normalized spacial score (nSPS) is 26.8. The van der Waals surface area contributed by atoms with Gasteiger partial charge < -0.3 is 4.74 Å². The summed E-state index contributed by atoms with van der Waals surface area (Å²) < 4.78 is 4.83. The van der Waals surface area contributed by atoms with E-state index in [-0.39, 0.29) is 5.78 Å². The topological polar surface area (TPSA) is 29.6 Å². The largest absolute Gasteiger partial charge is 0.346 e. The fraction of sp³-hybridized carbons (Fsp3) is 0.222. The van der Waals surface area contributed by atoms with Gasteiger partial charge in [-0.2, -0.15) is 0 Å². The minimum absolute atomic E-state index is 0.148. The lowest BCUT2D eigenvalue weighted by molar-refractivity contribution is 0.0931. The van der Waals surface area contributed by atoms with Gasteiger partial charge in [-0.3, -0.25) is 4.79 Å². The predicted molar refractivity (Wildman–Crippen MR) is 45.3 cm³/mol. The van der Waals surface area contributed by atoms with Crippen molar-refractivity contribution >= 4 is 17.4 Å². The maximum absolute atomic E-state index is 11.5. The molecule has 0 bridgehead atoms. The molecule has 0 aromatic heterocycles. The molecule has 1 heterocycles. The van der Waals surface area contributed by atoms with Crippen LogP contribution in [0.2, 0.25) is 0 Å². The first-order valence-corrected chi connectivity index (χ1v) is 4.03. The van der Waals surface area contributed by atoms with Crippen LogP contribution in [0, 0.1) is 0 Å². The summed E-state index contributed by atoms with van der Waals surface area (Å²) in [5, 5.41) is -1.05. The highest BCUT2D eigenvalue weighted by Gasteiger charge is 2.50. The number of ether oxygens (including phenoxy) is 1. The molecule has 0 N–H and O–H groups in total. The lowest BCUT2D eigenvalue weighted by Gasteiger charge is -2.00. The van der Waals surface area contributed by atoms with Gasteiger partial charge in [0.1, 0.15) is 6.61 Å². The summed E-state index contributed by atoms with van der Waals surface area (Å²) in [6, 6.07) is 8.92. The first kappa shape index (κ1) is 7.77. The van der Waals surface area contributed by atoms with Crippen molar-refractivity contribution in [3.05, 3.63) is 35.9 Å². The number of carbonyl (C=O) groups is 1. The number of epoxide rings is 1. The van der Waals surface area contributed by atoms with Gasteiger partial charge in [0, 0.05) is 5.56 Å². The molecule has 1 aromatic carbocycles. The minimum Gasteiger partial charge on any atom is -0.346 e. The standard InChI is InChI=1S/C9H7ClO2/c10-9(6-12-9)8(11)7-4-2-1-3-5-7/h1-5H,6H2. The van der Waals surface area contributed by atoms with Gasteiger partial charge in [0.15, 0.2) is 0 Å². The van der Waals surface area contributed by atoms with Crippen LogP contribution in [0.3, 0.4) is 0 Å². The zero-order chi connectivity index (χ0) is 8.60. The Morgan fingerprint density at radius 2 is 2.00 bits per heavy atom. The molecule has 62 valence electrons. The monoisotopic (exact) mass is 182 g/mol. The number of alkyl halides is 1. The Bertz CT molecular complexity index is 304. The summed E-state index contributed by atoms with van der Waals surface area (Å²) >= 11 is 5.76. The van der Waals surface area contributed by atoms with E-state index < -0.39 is 5.06 Å². The molecule has 1 atom stereocenters. The fourth-order valence-corrected chi connectivity index (χ4v) is 1.16. The van der Waals surface area contributed by atoms with Crippen molar-refractivity contribution < 1.29 is 9.53 Å². The summed E-state index contributed by atoms with van der Waals surface area (Å²) in [6.45, 7) is 0.322. The molecule has 1 aliphatic heterocycles. The molecular weight excluding hydrogens is 176 g/mol. The van der Waals surface area contributed by atoms with Crippen molar-refractivity contribution in [3.63, 3.8) is 0 Å². The molecular formula is C9H7ClO2. The van der Waals surface area contributed by atoms with E-state index in [0.29, 0.717) is 12.2 Å². The zero-order valence-electron chi connectivity index (χ0n) is 6.29.